The number of rotatable bonds is 2. The van der Waals surface area contributed by atoms with Crippen molar-refractivity contribution in [2.75, 3.05) is 0 Å². The van der Waals surface area contributed by atoms with Crippen LogP contribution in [0.4, 0.5) is 0 Å². The second kappa shape index (κ2) is 4.73. The van der Waals surface area contributed by atoms with Gasteiger partial charge in [0.05, 0.1) is 0 Å². The van der Waals surface area contributed by atoms with Crippen LogP contribution in [0, 0.1) is 0 Å². The average molecular weight is 249 g/mol. The zero-order chi connectivity index (χ0) is 11.5. The minimum atomic E-state index is 0.687. The van der Waals surface area contributed by atoms with E-state index in [0.717, 1.165) is 16.7 Å². The van der Waals surface area contributed by atoms with E-state index in [9.17, 15) is 0 Å². The molecule has 0 aromatic heterocycles. The van der Waals surface area contributed by atoms with Crippen LogP contribution in [0.2, 0.25) is 10.0 Å². The summed E-state index contributed by atoms with van der Waals surface area (Å²) in [5, 5.41) is 1.37. The monoisotopic (exact) mass is 248 g/mol. The largest absolute Gasteiger partial charge is 0.0904 e. The molecule has 0 aliphatic carbocycles. The molecule has 0 aliphatic rings. The van der Waals surface area contributed by atoms with Crippen molar-refractivity contribution in [2.45, 2.75) is 0 Å². The zero-order valence-electron chi connectivity index (χ0n) is 8.58. The first-order valence-corrected chi connectivity index (χ1v) is 5.64. The number of benzene rings is 2. The molecule has 0 bridgehead atoms. The Labute approximate surface area is 105 Å². The molecule has 0 spiro atoms. The maximum Gasteiger partial charge on any atom is 0.0484 e. The van der Waals surface area contributed by atoms with Crippen molar-refractivity contribution in [3.63, 3.8) is 0 Å². The Bertz CT molecular complexity index is 482. The lowest BCUT2D eigenvalue weighted by atomic mass is 10.00. The SMILES string of the molecule is C=C(c1ccccc1Cl)c1ccccc1Cl. The summed E-state index contributed by atoms with van der Waals surface area (Å²) in [4.78, 5) is 0. The van der Waals surface area contributed by atoms with E-state index in [1.54, 1.807) is 0 Å². The van der Waals surface area contributed by atoms with Gasteiger partial charge in [-0.3, -0.25) is 0 Å². The minimum absolute atomic E-state index is 0.687. The normalized spacial score (nSPS) is 10.1. The van der Waals surface area contributed by atoms with Crippen LogP contribution in [-0.2, 0) is 0 Å². The van der Waals surface area contributed by atoms with Gasteiger partial charge in [0.1, 0.15) is 0 Å². The quantitative estimate of drug-likeness (QED) is 0.698. The predicted molar refractivity (Wildman–Crippen MR) is 71.0 cm³/mol. The Morgan fingerprint density at radius 3 is 1.50 bits per heavy atom. The van der Waals surface area contributed by atoms with Gasteiger partial charge in [0.15, 0.2) is 0 Å². The Morgan fingerprint density at radius 2 is 1.12 bits per heavy atom. The molecule has 0 nitrogen and oxygen atoms in total. The van der Waals surface area contributed by atoms with Crippen LogP contribution in [0.3, 0.4) is 0 Å². The molecule has 0 fully saturated rings. The fraction of sp³-hybridized carbons (Fsp3) is 0. The molecule has 0 saturated heterocycles. The highest BCUT2D eigenvalue weighted by atomic mass is 35.5. The van der Waals surface area contributed by atoms with Crippen molar-refractivity contribution in [1.29, 1.82) is 0 Å². The van der Waals surface area contributed by atoms with Gasteiger partial charge in [-0.05, 0) is 17.7 Å². The van der Waals surface area contributed by atoms with Crippen LogP contribution in [0.1, 0.15) is 11.1 Å². The second-order valence-corrected chi connectivity index (χ2v) is 4.25. The van der Waals surface area contributed by atoms with E-state index in [-0.39, 0.29) is 0 Å². The molecule has 0 unspecified atom stereocenters. The first-order chi connectivity index (χ1) is 7.70. The van der Waals surface area contributed by atoms with Gasteiger partial charge in [-0.1, -0.05) is 66.2 Å². The molecule has 2 heteroatoms. The molecule has 2 aromatic rings. The molecule has 0 radical (unpaired) electrons. The molecular formula is C14H10Cl2. The van der Waals surface area contributed by atoms with E-state index in [1.165, 1.54) is 0 Å². The summed E-state index contributed by atoms with van der Waals surface area (Å²) in [6.45, 7) is 4.05. The van der Waals surface area contributed by atoms with Gasteiger partial charge in [0.25, 0.3) is 0 Å². The molecule has 0 N–H and O–H groups in total. The van der Waals surface area contributed by atoms with Gasteiger partial charge >= 0.3 is 0 Å². The van der Waals surface area contributed by atoms with Crippen LogP contribution >= 0.6 is 23.2 Å². The van der Waals surface area contributed by atoms with Crippen LogP contribution in [-0.4, -0.2) is 0 Å². The van der Waals surface area contributed by atoms with Crippen molar-refractivity contribution < 1.29 is 0 Å². The van der Waals surface area contributed by atoms with Crippen molar-refractivity contribution in [3.8, 4) is 0 Å². The zero-order valence-corrected chi connectivity index (χ0v) is 10.1. The molecular weight excluding hydrogens is 239 g/mol. The van der Waals surface area contributed by atoms with Gasteiger partial charge in [0.2, 0.25) is 0 Å². The third-order valence-electron chi connectivity index (χ3n) is 2.40. The molecule has 0 amide bonds. The summed E-state index contributed by atoms with van der Waals surface area (Å²) in [6, 6.07) is 15.2. The summed E-state index contributed by atoms with van der Waals surface area (Å²) in [6.07, 6.45) is 0. The summed E-state index contributed by atoms with van der Waals surface area (Å²) in [5.41, 5.74) is 2.67. The van der Waals surface area contributed by atoms with E-state index in [2.05, 4.69) is 6.58 Å². The van der Waals surface area contributed by atoms with Crippen LogP contribution in [0.25, 0.3) is 5.57 Å². The number of hydrogen-bond acceptors (Lipinski definition) is 0. The van der Waals surface area contributed by atoms with Crippen LogP contribution < -0.4 is 0 Å². The maximum atomic E-state index is 6.12. The lowest BCUT2D eigenvalue weighted by Gasteiger charge is -2.09. The standard InChI is InChI=1S/C14H10Cl2/c1-10(11-6-2-4-8-13(11)15)12-7-3-5-9-14(12)16/h2-9H,1H2. The maximum absolute atomic E-state index is 6.12. The van der Waals surface area contributed by atoms with Crippen molar-refractivity contribution in [3.05, 3.63) is 76.3 Å². The predicted octanol–water partition coefficient (Wildman–Crippen LogP) is 5.05. The highest BCUT2D eigenvalue weighted by Gasteiger charge is 2.08. The summed E-state index contributed by atoms with van der Waals surface area (Å²) >= 11 is 12.2. The molecule has 0 heterocycles. The lowest BCUT2D eigenvalue weighted by molar-refractivity contribution is 1.55. The van der Waals surface area contributed by atoms with Gasteiger partial charge < -0.3 is 0 Å². The smallest absolute Gasteiger partial charge is 0.0484 e. The van der Waals surface area contributed by atoms with Crippen molar-refractivity contribution >= 4 is 28.8 Å². The van der Waals surface area contributed by atoms with Crippen molar-refractivity contribution in [1.82, 2.24) is 0 Å². The third-order valence-corrected chi connectivity index (χ3v) is 3.06. The Morgan fingerprint density at radius 1 is 0.750 bits per heavy atom. The fourth-order valence-electron chi connectivity index (χ4n) is 1.56. The summed E-state index contributed by atoms with van der Waals surface area (Å²) in [5.74, 6) is 0. The Hall–Kier alpha value is -1.24. The third kappa shape index (κ3) is 2.13. The lowest BCUT2D eigenvalue weighted by Crippen LogP contribution is -1.88. The van der Waals surface area contributed by atoms with Gasteiger partial charge in [0, 0.05) is 21.2 Å². The van der Waals surface area contributed by atoms with Crippen LogP contribution in [0.5, 0.6) is 0 Å². The summed E-state index contributed by atoms with van der Waals surface area (Å²) in [7, 11) is 0. The van der Waals surface area contributed by atoms with Gasteiger partial charge in [-0.25, -0.2) is 0 Å². The average Bonchev–Trinajstić information content (AvgIpc) is 2.29. The van der Waals surface area contributed by atoms with E-state index < -0.39 is 0 Å². The molecule has 80 valence electrons. The molecule has 16 heavy (non-hydrogen) atoms. The minimum Gasteiger partial charge on any atom is -0.0904 e. The summed E-state index contributed by atoms with van der Waals surface area (Å²) < 4.78 is 0. The first-order valence-electron chi connectivity index (χ1n) is 4.89. The Balaban J connectivity index is 2.48. The highest BCUT2D eigenvalue weighted by molar-refractivity contribution is 6.34. The van der Waals surface area contributed by atoms with E-state index in [0.29, 0.717) is 10.0 Å². The fourth-order valence-corrected chi connectivity index (χ4v) is 2.06. The van der Waals surface area contributed by atoms with Crippen molar-refractivity contribution in [2.24, 2.45) is 0 Å². The van der Waals surface area contributed by atoms with Gasteiger partial charge in [-0.15, -0.1) is 0 Å². The Kier molecular flexibility index (Phi) is 3.33. The topological polar surface area (TPSA) is 0 Å². The number of hydrogen-bond donors (Lipinski definition) is 0. The van der Waals surface area contributed by atoms with Crippen LogP contribution in [0.15, 0.2) is 55.1 Å². The first kappa shape index (κ1) is 11.3. The van der Waals surface area contributed by atoms with E-state index >= 15 is 0 Å². The molecule has 2 rings (SSSR count). The highest BCUT2D eigenvalue weighted by Crippen LogP contribution is 2.31. The number of halogens is 2. The molecule has 2 aromatic carbocycles. The van der Waals surface area contributed by atoms with E-state index in [1.807, 2.05) is 48.5 Å². The molecule has 0 saturated carbocycles. The van der Waals surface area contributed by atoms with E-state index in [4.69, 9.17) is 23.2 Å². The van der Waals surface area contributed by atoms with Gasteiger partial charge in [-0.2, -0.15) is 0 Å². The molecule has 0 aliphatic heterocycles. The second-order valence-electron chi connectivity index (χ2n) is 3.44. The molecule has 0 atom stereocenters.